The van der Waals surface area contributed by atoms with Crippen molar-refractivity contribution < 1.29 is 9.13 Å². The van der Waals surface area contributed by atoms with E-state index in [1.165, 1.54) is 6.07 Å². The van der Waals surface area contributed by atoms with Crippen LogP contribution in [0, 0.1) is 11.2 Å². The number of aliphatic imine (C=N–C) groups is 1. The third-order valence-corrected chi connectivity index (χ3v) is 4.07. The predicted octanol–water partition coefficient (Wildman–Crippen LogP) is 3.00. The second-order valence-electron chi connectivity index (χ2n) is 7.83. The summed E-state index contributed by atoms with van der Waals surface area (Å²) in [5, 5.41) is 6.58. The van der Waals surface area contributed by atoms with E-state index in [-0.39, 0.29) is 17.3 Å². The highest BCUT2D eigenvalue weighted by molar-refractivity contribution is 5.79. The minimum atomic E-state index is -0.176. The molecule has 0 saturated carbocycles. The third kappa shape index (κ3) is 7.70. The second kappa shape index (κ2) is 10.5. The van der Waals surface area contributed by atoms with Gasteiger partial charge in [0.2, 0.25) is 0 Å². The van der Waals surface area contributed by atoms with Crippen molar-refractivity contribution in [2.24, 2.45) is 10.4 Å². The van der Waals surface area contributed by atoms with Gasteiger partial charge >= 0.3 is 0 Å². The Balaban J connectivity index is 2.80. The molecule has 1 aromatic rings. The number of guanidine groups is 1. The largest absolute Gasteiger partial charge is 0.379 e. The molecule has 0 spiro atoms. The Labute approximate surface area is 158 Å². The van der Waals surface area contributed by atoms with Crippen LogP contribution in [0.4, 0.5) is 4.39 Å². The molecule has 1 unspecified atom stereocenters. The maximum absolute atomic E-state index is 13.9. The second-order valence-corrected chi connectivity index (χ2v) is 7.83. The molecule has 148 valence electrons. The molecule has 26 heavy (non-hydrogen) atoms. The molecule has 0 heterocycles. The molecular weight excluding hydrogens is 331 g/mol. The van der Waals surface area contributed by atoms with Gasteiger partial charge in [0.25, 0.3) is 0 Å². The lowest BCUT2D eigenvalue weighted by Crippen LogP contribution is -2.45. The van der Waals surface area contributed by atoms with Crippen LogP contribution in [0.5, 0.6) is 0 Å². The monoisotopic (exact) mass is 366 g/mol. The fourth-order valence-corrected chi connectivity index (χ4v) is 2.63. The first-order chi connectivity index (χ1) is 12.2. The highest BCUT2D eigenvalue weighted by atomic mass is 19.1. The lowest BCUT2D eigenvalue weighted by molar-refractivity contribution is 0.0205. The zero-order valence-electron chi connectivity index (χ0n) is 17.3. The van der Waals surface area contributed by atoms with E-state index in [1.807, 2.05) is 32.0 Å². The summed E-state index contributed by atoms with van der Waals surface area (Å²) < 4.78 is 19.5. The molecule has 1 rings (SSSR count). The summed E-state index contributed by atoms with van der Waals surface area (Å²) in [6.07, 6.45) is 0.0730. The molecule has 0 aromatic heterocycles. The topological polar surface area (TPSA) is 48.9 Å². The summed E-state index contributed by atoms with van der Waals surface area (Å²) in [5.41, 5.74) is 1.71. The molecule has 0 aliphatic heterocycles. The molecule has 6 heteroatoms. The van der Waals surface area contributed by atoms with Crippen molar-refractivity contribution in [3.05, 3.63) is 35.1 Å². The van der Waals surface area contributed by atoms with Crippen molar-refractivity contribution >= 4 is 5.96 Å². The van der Waals surface area contributed by atoms with E-state index in [0.717, 1.165) is 18.1 Å². The quantitative estimate of drug-likeness (QED) is 0.548. The Morgan fingerprint density at radius 1 is 1.27 bits per heavy atom. The first-order valence-corrected chi connectivity index (χ1v) is 9.14. The third-order valence-electron chi connectivity index (χ3n) is 4.07. The summed E-state index contributed by atoms with van der Waals surface area (Å²) in [4.78, 5) is 6.58. The number of rotatable bonds is 8. The van der Waals surface area contributed by atoms with Crippen LogP contribution in [-0.4, -0.2) is 51.3 Å². The van der Waals surface area contributed by atoms with Crippen molar-refractivity contribution in [3.63, 3.8) is 0 Å². The Hall–Kier alpha value is -1.66. The molecule has 0 saturated heterocycles. The van der Waals surface area contributed by atoms with Crippen LogP contribution in [0.2, 0.25) is 0 Å². The number of benzene rings is 1. The number of halogens is 1. The highest BCUT2D eigenvalue weighted by Crippen LogP contribution is 2.21. The molecule has 2 N–H and O–H groups in total. The first kappa shape index (κ1) is 22.4. The van der Waals surface area contributed by atoms with Crippen LogP contribution in [0.15, 0.2) is 23.2 Å². The van der Waals surface area contributed by atoms with Crippen molar-refractivity contribution in [1.29, 1.82) is 0 Å². The number of nitrogens with one attached hydrogen (secondary N) is 2. The van der Waals surface area contributed by atoms with Crippen LogP contribution < -0.4 is 10.6 Å². The number of ether oxygens (including phenoxy) is 1. The van der Waals surface area contributed by atoms with Crippen molar-refractivity contribution in [2.45, 2.75) is 46.9 Å². The number of nitrogens with zero attached hydrogens (tertiary/aromatic N) is 2. The molecule has 0 fully saturated rings. The van der Waals surface area contributed by atoms with E-state index >= 15 is 0 Å². The minimum absolute atomic E-state index is 0.0388. The Bertz CT molecular complexity index is 582. The molecular formula is C20H35FN4O. The van der Waals surface area contributed by atoms with E-state index < -0.39 is 0 Å². The van der Waals surface area contributed by atoms with Gasteiger partial charge in [-0.25, -0.2) is 9.38 Å². The van der Waals surface area contributed by atoms with Crippen molar-refractivity contribution in [2.75, 3.05) is 34.3 Å². The lowest BCUT2D eigenvalue weighted by atomic mass is 9.89. The van der Waals surface area contributed by atoms with Gasteiger partial charge in [-0.3, -0.25) is 0 Å². The lowest BCUT2D eigenvalue weighted by Gasteiger charge is -2.30. The maximum Gasteiger partial charge on any atom is 0.191 e. The normalized spacial score (nSPS) is 13.8. The molecule has 5 nitrogen and oxygen atoms in total. The van der Waals surface area contributed by atoms with Crippen molar-refractivity contribution in [1.82, 2.24) is 15.5 Å². The predicted molar refractivity (Wildman–Crippen MR) is 107 cm³/mol. The summed E-state index contributed by atoms with van der Waals surface area (Å²) in [6, 6.07) is 5.19. The van der Waals surface area contributed by atoms with Gasteiger partial charge in [-0.1, -0.05) is 26.8 Å². The SMILES string of the molecule is CCNC(=NCc1ccc(F)c(CN(C)C)c1)NCC(OC)C(C)(C)C. The average Bonchev–Trinajstić information content (AvgIpc) is 2.54. The van der Waals surface area contributed by atoms with E-state index in [0.29, 0.717) is 25.2 Å². The van der Waals surface area contributed by atoms with E-state index in [9.17, 15) is 4.39 Å². The van der Waals surface area contributed by atoms with Gasteiger partial charge in [-0.05, 0) is 44.1 Å². The van der Waals surface area contributed by atoms with Gasteiger partial charge in [-0.15, -0.1) is 0 Å². The maximum atomic E-state index is 13.9. The van der Waals surface area contributed by atoms with E-state index in [4.69, 9.17) is 4.74 Å². The summed E-state index contributed by atoms with van der Waals surface area (Å²) in [7, 11) is 5.59. The summed E-state index contributed by atoms with van der Waals surface area (Å²) >= 11 is 0. The fraction of sp³-hybridized carbons (Fsp3) is 0.650. The molecule has 0 aliphatic rings. The molecule has 1 atom stereocenters. The molecule has 0 aliphatic carbocycles. The Morgan fingerprint density at radius 3 is 2.50 bits per heavy atom. The highest BCUT2D eigenvalue weighted by Gasteiger charge is 2.24. The van der Waals surface area contributed by atoms with Gasteiger partial charge in [0.05, 0.1) is 12.6 Å². The van der Waals surface area contributed by atoms with Crippen molar-refractivity contribution in [3.8, 4) is 0 Å². The van der Waals surface area contributed by atoms with Crippen LogP contribution in [0.25, 0.3) is 0 Å². The first-order valence-electron chi connectivity index (χ1n) is 9.14. The van der Waals surface area contributed by atoms with Crippen LogP contribution in [0.1, 0.15) is 38.8 Å². The van der Waals surface area contributed by atoms with E-state index in [2.05, 4.69) is 36.4 Å². The minimum Gasteiger partial charge on any atom is -0.379 e. The Kier molecular flexibility index (Phi) is 9.02. The standard InChI is InChI=1S/C20H35FN4O/c1-8-22-19(24-13-18(26-7)20(2,3)4)23-12-15-9-10-17(21)16(11-15)14-25(5)6/h9-11,18H,8,12-14H2,1-7H3,(H2,22,23,24). The van der Waals surface area contributed by atoms with Gasteiger partial charge in [-0.2, -0.15) is 0 Å². The number of hydrogen-bond acceptors (Lipinski definition) is 3. The van der Waals surface area contributed by atoms with Crippen LogP contribution >= 0.6 is 0 Å². The van der Waals surface area contributed by atoms with Gasteiger partial charge in [0.15, 0.2) is 5.96 Å². The van der Waals surface area contributed by atoms with Gasteiger partial charge in [0, 0.05) is 32.3 Å². The van der Waals surface area contributed by atoms with Gasteiger partial charge in [0.1, 0.15) is 5.82 Å². The molecule has 0 radical (unpaired) electrons. The molecule has 1 aromatic carbocycles. The molecule has 0 bridgehead atoms. The zero-order chi connectivity index (χ0) is 19.7. The van der Waals surface area contributed by atoms with Gasteiger partial charge < -0.3 is 20.3 Å². The number of methoxy groups -OCH3 is 1. The van der Waals surface area contributed by atoms with Crippen LogP contribution in [0.3, 0.4) is 0 Å². The summed E-state index contributed by atoms with van der Waals surface area (Å²) in [6.45, 7) is 11.0. The fourth-order valence-electron chi connectivity index (χ4n) is 2.63. The smallest absolute Gasteiger partial charge is 0.191 e. The Morgan fingerprint density at radius 2 is 1.96 bits per heavy atom. The zero-order valence-corrected chi connectivity index (χ0v) is 17.3. The summed E-state index contributed by atoms with van der Waals surface area (Å²) in [5.74, 6) is 0.557. The van der Waals surface area contributed by atoms with Crippen LogP contribution in [-0.2, 0) is 17.8 Å². The molecule has 0 amide bonds. The average molecular weight is 367 g/mol. The van der Waals surface area contributed by atoms with E-state index in [1.54, 1.807) is 13.2 Å². The number of hydrogen-bond donors (Lipinski definition) is 2.